The summed E-state index contributed by atoms with van der Waals surface area (Å²) in [4.78, 5) is 0.666. The molecule has 3 nitrogen and oxygen atoms in total. The number of rotatable bonds is 4. The summed E-state index contributed by atoms with van der Waals surface area (Å²) in [6.07, 6.45) is 0. The van der Waals surface area contributed by atoms with Gasteiger partial charge in [-0.05, 0) is 23.6 Å². The van der Waals surface area contributed by atoms with Crippen LogP contribution in [0.25, 0.3) is 10.8 Å². The van der Waals surface area contributed by atoms with Gasteiger partial charge in [-0.25, -0.2) is 4.21 Å². The minimum Gasteiger partial charge on any atom is -0.495 e. The van der Waals surface area contributed by atoms with Gasteiger partial charge in [-0.3, -0.25) is 0 Å². The van der Waals surface area contributed by atoms with Crippen molar-refractivity contribution in [1.29, 1.82) is 0 Å². The molecular weight excluding hydrogens is 282 g/mol. The van der Waals surface area contributed by atoms with Crippen molar-refractivity contribution >= 4 is 27.4 Å². The number of anilines is 1. The molecule has 0 saturated carbocycles. The zero-order valence-electron chi connectivity index (χ0n) is 11.6. The fourth-order valence-corrected chi connectivity index (χ4v) is 3.41. The van der Waals surface area contributed by atoms with Crippen LogP contribution >= 0.6 is 0 Å². The number of hydrogen-bond donors (Lipinski definition) is 1. The van der Waals surface area contributed by atoms with E-state index in [1.165, 1.54) is 0 Å². The molecule has 0 fully saturated rings. The van der Waals surface area contributed by atoms with Gasteiger partial charge in [0, 0.05) is 11.1 Å². The number of methoxy groups -OCH3 is 1. The molecule has 4 heteroatoms. The van der Waals surface area contributed by atoms with Gasteiger partial charge in [0.05, 0.1) is 7.11 Å². The molecule has 0 spiro atoms. The van der Waals surface area contributed by atoms with Crippen LogP contribution in [0.2, 0.25) is 0 Å². The van der Waals surface area contributed by atoms with Gasteiger partial charge >= 0.3 is 0 Å². The summed E-state index contributed by atoms with van der Waals surface area (Å²) < 4.78 is 21.1. The third-order valence-electron chi connectivity index (χ3n) is 3.23. The van der Waals surface area contributed by atoms with E-state index < -0.39 is 11.0 Å². The average molecular weight is 297 g/mol. The van der Waals surface area contributed by atoms with Crippen LogP contribution in [-0.2, 0) is 11.0 Å². The molecule has 0 heterocycles. The SMILES string of the molecule is COc1ccc2ccccc2c1[S@@](=O)Nc1ccccc1. The zero-order chi connectivity index (χ0) is 14.7. The average Bonchev–Trinajstić information content (AvgIpc) is 2.54. The first-order chi connectivity index (χ1) is 10.3. The van der Waals surface area contributed by atoms with Gasteiger partial charge < -0.3 is 9.46 Å². The normalized spacial score (nSPS) is 12.0. The molecule has 0 saturated heterocycles. The lowest BCUT2D eigenvalue weighted by Gasteiger charge is -2.13. The molecule has 0 aromatic heterocycles. The molecule has 0 amide bonds. The van der Waals surface area contributed by atoms with Crippen molar-refractivity contribution in [2.75, 3.05) is 11.8 Å². The van der Waals surface area contributed by atoms with E-state index in [1.54, 1.807) is 7.11 Å². The van der Waals surface area contributed by atoms with Crippen molar-refractivity contribution in [3.63, 3.8) is 0 Å². The Bertz CT molecular complexity index is 787. The number of fused-ring (bicyclic) bond motifs is 1. The van der Waals surface area contributed by atoms with Crippen molar-refractivity contribution in [1.82, 2.24) is 0 Å². The van der Waals surface area contributed by atoms with E-state index in [9.17, 15) is 4.21 Å². The van der Waals surface area contributed by atoms with E-state index in [1.807, 2.05) is 66.7 Å². The molecule has 3 aromatic carbocycles. The molecule has 0 aliphatic carbocycles. The maximum Gasteiger partial charge on any atom is 0.154 e. The number of hydrogen-bond acceptors (Lipinski definition) is 2. The monoisotopic (exact) mass is 297 g/mol. The number of benzene rings is 3. The third kappa shape index (κ3) is 2.76. The molecule has 0 aliphatic heterocycles. The van der Waals surface area contributed by atoms with Crippen LogP contribution < -0.4 is 9.46 Å². The van der Waals surface area contributed by atoms with Gasteiger partial charge in [-0.2, -0.15) is 0 Å². The van der Waals surface area contributed by atoms with Crippen molar-refractivity contribution < 1.29 is 8.95 Å². The van der Waals surface area contributed by atoms with E-state index in [4.69, 9.17) is 4.74 Å². The lowest BCUT2D eigenvalue weighted by molar-refractivity contribution is 0.405. The molecule has 0 bridgehead atoms. The first kappa shape index (κ1) is 13.6. The van der Waals surface area contributed by atoms with Crippen molar-refractivity contribution in [3.05, 3.63) is 66.7 Å². The van der Waals surface area contributed by atoms with E-state index in [0.29, 0.717) is 10.6 Å². The lowest BCUT2D eigenvalue weighted by atomic mass is 10.1. The Kier molecular flexibility index (Phi) is 3.88. The Labute approximate surface area is 126 Å². The smallest absolute Gasteiger partial charge is 0.154 e. The summed E-state index contributed by atoms with van der Waals surface area (Å²) >= 11 is 0. The summed E-state index contributed by atoms with van der Waals surface area (Å²) in [6.45, 7) is 0. The highest BCUT2D eigenvalue weighted by Crippen LogP contribution is 2.31. The van der Waals surface area contributed by atoms with Crippen LogP contribution in [0.5, 0.6) is 5.75 Å². The molecule has 3 rings (SSSR count). The van der Waals surface area contributed by atoms with Crippen LogP contribution in [-0.4, -0.2) is 11.3 Å². The van der Waals surface area contributed by atoms with Gasteiger partial charge in [0.1, 0.15) is 10.6 Å². The Morgan fingerprint density at radius 2 is 1.62 bits per heavy atom. The van der Waals surface area contributed by atoms with Crippen LogP contribution in [0.1, 0.15) is 0 Å². The summed E-state index contributed by atoms with van der Waals surface area (Å²) in [6, 6.07) is 21.2. The summed E-state index contributed by atoms with van der Waals surface area (Å²) in [7, 11) is 0.195. The van der Waals surface area contributed by atoms with Crippen molar-refractivity contribution in [2.24, 2.45) is 0 Å². The molecule has 0 aliphatic rings. The van der Waals surface area contributed by atoms with Crippen LogP contribution in [0.4, 0.5) is 5.69 Å². The van der Waals surface area contributed by atoms with E-state index in [2.05, 4.69) is 4.72 Å². The highest BCUT2D eigenvalue weighted by Gasteiger charge is 2.15. The fraction of sp³-hybridized carbons (Fsp3) is 0.0588. The quantitative estimate of drug-likeness (QED) is 0.791. The second kappa shape index (κ2) is 5.97. The molecule has 0 radical (unpaired) electrons. The molecule has 1 N–H and O–H groups in total. The Morgan fingerprint density at radius 3 is 2.38 bits per heavy atom. The first-order valence-corrected chi connectivity index (χ1v) is 7.74. The zero-order valence-corrected chi connectivity index (χ0v) is 12.4. The van der Waals surface area contributed by atoms with E-state index in [-0.39, 0.29) is 0 Å². The predicted octanol–water partition coefficient (Wildman–Crippen LogP) is 3.98. The Balaban J connectivity index is 2.07. The van der Waals surface area contributed by atoms with E-state index in [0.717, 1.165) is 16.5 Å². The molecule has 106 valence electrons. The van der Waals surface area contributed by atoms with Gasteiger partial charge in [0.2, 0.25) is 0 Å². The number of ether oxygens (including phenoxy) is 1. The summed E-state index contributed by atoms with van der Waals surface area (Å²) in [5.74, 6) is 0.621. The predicted molar refractivity (Wildman–Crippen MR) is 87.0 cm³/mol. The summed E-state index contributed by atoms with van der Waals surface area (Å²) in [5.41, 5.74) is 0.811. The molecule has 0 unspecified atom stereocenters. The van der Waals surface area contributed by atoms with Crippen LogP contribution in [0.15, 0.2) is 71.6 Å². The molecular formula is C17H15NO2S. The second-order valence-corrected chi connectivity index (χ2v) is 5.70. The van der Waals surface area contributed by atoms with Gasteiger partial charge in [-0.1, -0.05) is 48.5 Å². The fourth-order valence-electron chi connectivity index (χ4n) is 2.24. The van der Waals surface area contributed by atoms with Crippen LogP contribution in [0.3, 0.4) is 0 Å². The third-order valence-corrected chi connectivity index (χ3v) is 4.45. The Morgan fingerprint density at radius 1 is 0.905 bits per heavy atom. The van der Waals surface area contributed by atoms with Crippen molar-refractivity contribution in [2.45, 2.75) is 4.90 Å². The standard InChI is InChI=1S/C17H15NO2S/c1-20-16-12-11-13-7-5-6-10-15(13)17(16)21(19)18-14-8-3-2-4-9-14/h2-12,18H,1H3/t21-/m1/s1. The topological polar surface area (TPSA) is 38.3 Å². The minimum absolute atomic E-state index is 0.621. The molecule has 21 heavy (non-hydrogen) atoms. The lowest BCUT2D eigenvalue weighted by Crippen LogP contribution is -2.07. The Hall–Kier alpha value is -2.33. The highest BCUT2D eigenvalue weighted by molar-refractivity contribution is 7.86. The highest BCUT2D eigenvalue weighted by atomic mass is 32.2. The van der Waals surface area contributed by atoms with Crippen molar-refractivity contribution in [3.8, 4) is 5.75 Å². The minimum atomic E-state index is -1.40. The first-order valence-electron chi connectivity index (χ1n) is 6.59. The van der Waals surface area contributed by atoms with Gasteiger partial charge in [0.15, 0.2) is 11.0 Å². The number of para-hydroxylation sites is 1. The number of nitrogens with one attached hydrogen (secondary N) is 1. The molecule has 3 aromatic rings. The van der Waals surface area contributed by atoms with E-state index >= 15 is 0 Å². The maximum atomic E-state index is 12.7. The maximum absolute atomic E-state index is 12.7. The van der Waals surface area contributed by atoms with Gasteiger partial charge in [0.25, 0.3) is 0 Å². The molecule has 1 atom stereocenters. The second-order valence-electron chi connectivity index (χ2n) is 4.55. The van der Waals surface area contributed by atoms with Crippen LogP contribution in [0, 0.1) is 0 Å². The summed E-state index contributed by atoms with van der Waals surface area (Å²) in [5, 5.41) is 1.97. The largest absolute Gasteiger partial charge is 0.495 e. The van der Waals surface area contributed by atoms with Gasteiger partial charge in [-0.15, -0.1) is 0 Å².